The largest absolute Gasteiger partial charge is 0.375 e. The number of anilines is 1. The summed E-state index contributed by atoms with van der Waals surface area (Å²) in [5, 5.41) is 7.48. The van der Waals surface area contributed by atoms with Crippen LogP contribution in [0.15, 0.2) is 65.0 Å². The first-order valence-electron chi connectivity index (χ1n) is 8.95. The lowest BCUT2D eigenvalue weighted by Crippen LogP contribution is -2.29. The Labute approximate surface area is 178 Å². The molecule has 1 N–H and O–H groups in total. The molecule has 0 bridgehead atoms. The third-order valence-electron chi connectivity index (χ3n) is 4.05. The zero-order valence-corrected chi connectivity index (χ0v) is 18.0. The lowest BCUT2D eigenvalue weighted by Gasteiger charge is -2.19. The van der Waals surface area contributed by atoms with Crippen molar-refractivity contribution in [1.82, 2.24) is 15.1 Å². The van der Waals surface area contributed by atoms with Crippen molar-refractivity contribution in [2.45, 2.75) is 10.8 Å². The predicted octanol–water partition coefficient (Wildman–Crippen LogP) is 4.40. The smallest absolute Gasteiger partial charge is 0.230 e. The number of hydrogen-bond donors (Lipinski definition) is 1. The van der Waals surface area contributed by atoms with E-state index in [4.69, 9.17) is 12.2 Å². The minimum absolute atomic E-state index is 0.0137. The van der Waals surface area contributed by atoms with Crippen LogP contribution in [-0.2, 0) is 4.79 Å². The topological polar surface area (TPSA) is 50.2 Å². The van der Waals surface area contributed by atoms with Gasteiger partial charge < -0.3 is 10.2 Å². The van der Waals surface area contributed by atoms with Crippen LogP contribution in [0.4, 0.5) is 5.69 Å². The van der Waals surface area contributed by atoms with E-state index in [1.165, 1.54) is 28.8 Å². The van der Waals surface area contributed by atoms with Crippen LogP contribution >= 0.6 is 35.3 Å². The molecule has 1 aromatic heterocycles. The van der Waals surface area contributed by atoms with E-state index in [2.05, 4.69) is 34.5 Å². The van der Waals surface area contributed by atoms with E-state index in [-0.39, 0.29) is 5.91 Å². The van der Waals surface area contributed by atoms with Crippen LogP contribution < -0.4 is 10.2 Å². The van der Waals surface area contributed by atoms with Crippen molar-refractivity contribution in [3.63, 3.8) is 0 Å². The molecular formula is C20H22N4OS3. The van der Waals surface area contributed by atoms with Crippen molar-refractivity contribution in [1.29, 1.82) is 0 Å². The van der Waals surface area contributed by atoms with Crippen LogP contribution in [-0.4, -0.2) is 41.6 Å². The monoisotopic (exact) mass is 430 g/mol. The Kier molecular flexibility index (Phi) is 7.64. The van der Waals surface area contributed by atoms with E-state index < -0.39 is 0 Å². The molecule has 0 aliphatic rings. The van der Waals surface area contributed by atoms with E-state index in [1.807, 2.05) is 48.5 Å². The van der Waals surface area contributed by atoms with Gasteiger partial charge in [-0.15, -0.1) is 5.10 Å². The number of aromatic nitrogens is 2. The van der Waals surface area contributed by atoms with Gasteiger partial charge in [0.25, 0.3) is 0 Å². The van der Waals surface area contributed by atoms with Gasteiger partial charge in [0.1, 0.15) is 0 Å². The van der Waals surface area contributed by atoms with Crippen LogP contribution in [0.2, 0.25) is 0 Å². The Bertz CT molecular complexity index is 941. The molecule has 1 heterocycles. The highest BCUT2D eigenvalue weighted by Gasteiger charge is 2.09. The maximum absolute atomic E-state index is 12.1. The van der Waals surface area contributed by atoms with E-state index >= 15 is 0 Å². The quantitative estimate of drug-likeness (QED) is 0.310. The molecule has 146 valence electrons. The molecule has 2 aromatic carbocycles. The standard InChI is InChI=1S/C20H22N4OS3/c1-23(16-9-4-2-5-10-16)14-8-13-21-18(25)15-27-19-22-24(20(26)28-19)17-11-6-3-7-12-17/h2-7,9-12H,8,13-15H2,1H3,(H,21,25). The summed E-state index contributed by atoms with van der Waals surface area (Å²) < 4.78 is 3.21. The fraction of sp³-hybridized carbons (Fsp3) is 0.250. The van der Waals surface area contributed by atoms with E-state index in [1.54, 1.807) is 4.68 Å². The Morgan fingerprint density at radius 3 is 2.57 bits per heavy atom. The van der Waals surface area contributed by atoms with E-state index in [0.717, 1.165) is 23.0 Å². The van der Waals surface area contributed by atoms with Gasteiger partial charge in [-0.3, -0.25) is 4.79 Å². The van der Waals surface area contributed by atoms with Gasteiger partial charge in [0, 0.05) is 25.8 Å². The normalized spacial score (nSPS) is 10.6. The first-order chi connectivity index (χ1) is 13.6. The summed E-state index contributed by atoms with van der Waals surface area (Å²) in [5.74, 6) is 0.353. The molecule has 0 aliphatic carbocycles. The number of nitrogens with zero attached hydrogens (tertiary/aromatic N) is 3. The van der Waals surface area contributed by atoms with Gasteiger partial charge in [0.2, 0.25) is 5.91 Å². The summed E-state index contributed by atoms with van der Waals surface area (Å²) in [6.07, 6.45) is 0.892. The molecule has 0 unspecified atom stereocenters. The Balaban J connectivity index is 1.40. The number of nitrogens with one attached hydrogen (secondary N) is 1. The molecular weight excluding hydrogens is 408 g/mol. The number of carbonyl (C=O) groups is 1. The highest BCUT2D eigenvalue weighted by Crippen LogP contribution is 2.23. The average Bonchev–Trinajstić information content (AvgIpc) is 3.11. The van der Waals surface area contributed by atoms with Gasteiger partial charge >= 0.3 is 0 Å². The third-order valence-corrected chi connectivity index (χ3v) is 6.41. The summed E-state index contributed by atoms with van der Waals surface area (Å²) in [6.45, 7) is 1.55. The molecule has 0 aliphatic heterocycles. The number of rotatable bonds is 9. The number of thioether (sulfide) groups is 1. The Morgan fingerprint density at radius 1 is 1.18 bits per heavy atom. The molecule has 8 heteroatoms. The summed E-state index contributed by atoms with van der Waals surface area (Å²) in [6, 6.07) is 20.0. The van der Waals surface area contributed by atoms with Gasteiger partial charge in [0.15, 0.2) is 8.29 Å². The molecule has 0 atom stereocenters. The summed E-state index contributed by atoms with van der Waals surface area (Å²) >= 11 is 8.23. The zero-order chi connectivity index (χ0) is 19.8. The average molecular weight is 431 g/mol. The highest BCUT2D eigenvalue weighted by atomic mass is 32.2. The zero-order valence-electron chi connectivity index (χ0n) is 15.6. The van der Waals surface area contributed by atoms with Gasteiger partial charge in [-0.25, -0.2) is 4.68 Å². The molecule has 1 amide bonds. The van der Waals surface area contributed by atoms with Crippen LogP contribution in [0.1, 0.15) is 6.42 Å². The first kappa shape index (κ1) is 20.6. The molecule has 5 nitrogen and oxygen atoms in total. The van der Waals surface area contributed by atoms with Gasteiger partial charge in [-0.05, 0) is 42.9 Å². The predicted molar refractivity (Wildman–Crippen MR) is 120 cm³/mol. The van der Waals surface area contributed by atoms with Gasteiger partial charge in [0.05, 0.1) is 11.4 Å². The number of hydrogen-bond acceptors (Lipinski definition) is 6. The van der Waals surface area contributed by atoms with E-state index in [0.29, 0.717) is 16.3 Å². The summed E-state index contributed by atoms with van der Waals surface area (Å²) in [4.78, 5) is 14.3. The van der Waals surface area contributed by atoms with Gasteiger partial charge in [-0.1, -0.05) is 59.5 Å². The van der Waals surface area contributed by atoms with Crippen molar-refractivity contribution in [3.05, 3.63) is 64.6 Å². The van der Waals surface area contributed by atoms with Crippen molar-refractivity contribution in [2.75, 3.05) is 30.8 Å². The second-order valence-corrected chi connectivity index (χ2v) is 8.98. The number of para-hydroxylation sites is 2. The maximum Gasteiger partial charge on any atom is 0.230 e. The minimum Gasteiger partial charge on any atom is -0.375 e. The molecule has 0 saturated heterocycles. The fourth-order valence-corrected chi connectivity index (χ4v) is 4.78. The van der Waals surface area contributed by atoms with Crippen molar-refractivity contribution in [3.8, 4) is 5.69 Å². The molecule has 28 heavy (non-hydrogen) atoms. The Hall–Kier alpha value is -2.16. The van der Waals surface area contributed by atoms with Gasteiger partial charge in [-0.2, -0.15) is 0 Å². The molecule has 3 rings (SSSR count). The fourth-order valence-electron chi connectivity index (χ4n) is 2.59. The van der Waals surface area contributed by atoms with Crippen molar-refractivity contribution < 1.29 is 4.79 Å². The van der Waals surface area contributed by atoms with Crippen LogP contribution in [0.3, 0.4) is 0 Å². The molecule has 0 saturated carbocycles. The summed E-state index contributed by atoms with van der Waals surface area (Å²) in [5.41, 5.74) is 2.11. The Morgan fingerprint density at radius 2 is 1.86 bits per heavy atom. The lowest BCUT2D eigenvalue weighted by molar-refractivity contribution is -0.118. The summed E-state index contributed by atoms with van der Waals surface area (Å²) in [7, 11) is 2.06. The SMILES string of the molecule is CN(CCCNC(=O)CSc1nn(-c2ccccc2)c(=S)s1)c1ccccc1. The molecule has 0 radical (unpaired) electrons. The molecule has 0 spiro atoms. The van der Waals surface area contributed by atoms with Crippen LogP contribution in [0.5, 0.6) is 0 Å². The van der Waals surface area contributed by atoms with Crippen molar-refractivity contribution in [2.24, 2.45) is 0 Å². The maximum atomic E-state index is 12.1. The molecule has 0 fully saturated rings. The number of benzene rings is 2. The minimum atomic E-state index is 0.0137. The number of carbonyl (C=O) groups excluding carboxylic acids is 1. The second-order valence-electron chi connectivity index (χ2n) is 6.13. The second kappa shape index (κ2) is 10.4. The highest BCUT2D eigenvalue weighted by molar-refractivity contribution is 8.01. The van der Waals surface area contributed by atoms with Crippen LogP contribution in [0.25, 0.3) is 5.69 Å². The lowest BCUT2D eigenvalue weighted by atomic mass is 10.3. The molecule has 3 aromatic rings. The van der Waals surface area contributed by atoms with Crippen LogP contribution in [0, 0.1) is 3.95 Å². The van der Waals surface area contributed by atoms with E-state index in [9.17, 15) is 4.79 Å². The number of amides is 1. The first-order valence-corrected chi connectivity index (χ1v) is 11.2. The third kappa shape index (κ3) is 5.92. The van der Waals surface area contributed by atoms with Crippen molar-refractivity contribution >= 4 is 46.9 Å².